The van der Waals surface area contributed by atoms with E-state index in [4.69, 9.17) is 10.2 Å². The molecule has 1 atom stereocenters. The summed E-state index contributed by atoms with van der Waals surface area (Å²) in [6, 6.07) is -0.447. The van der Waals surface area contributed by atoms with Crippen molar-refractivity contribution in [1.29, 1.82) is 0 Å². The minimum Gasteiger partial charge on any atom is -0.479 e. The van der Waals surface area contributed by atoms with Gasteiger partial charge in [-0.05, 0) is 38.9 Å². The van der Waals surface area contributed by atoms with E-state index in [0.717, 1.165) is 26.1 Å². The molecule has 7 nitrogen and oxygen atoms in total. The number of carboxylic acids is 1. The number of nitrogens with one attached hydrogen (secondary N) is 2. The predicted molar refractivity (Wildman–Crippen MR) is 65.3 cm³/mol. The Morgan fingerprint density at radius 2 is 1.89 bits per heavy atom. The van der Waals surface area contributed by atoms with Crippen LogP contribution in [0.5, 0.6) is 0 Å². The molecule has 0 bridgehead atoms. The van der Waals surface area contributed by atoms with Gasteiger partial charge in [-0.15, -0.1) is 0 Å². The predicted octanol–water partition coefficient (Wildman–Crippen LogP) is -0.783. The summed E-state index contributed by atoms with van der Waals surface area (Å²) in [7, 11) is 0. The fraction of sp³-hybridized carbons (Fsp3) is 0.818. The Balaban J connectivity index is 1.97. The normalized spacial score (nSPS) is 17.4. The summed E-state index contributed by atoms with van der Waals surface area (Å²) in [5.74, 6) is -1.34. The SMILES string of the molecule is O=C(NCCCN1CCCC1)NC[C@H](O)C(=O)O. The maximum Gasteiger partial charge on any atom is 0.334 e. The van der Waals surface area contributed by atoms with Gasteiger partial charge in [0.2, 0.25) is 0 Å². The Kier molecular flexibility index (Phi) is 6.45. The number of likely N-dealkylation sites (tertiary alicyclic amines) is 1. The lowest BCUT2D eigenvalue weighted by Crippen LogP contribution is -2.42. The number of carbonyl (C=O) groups is 2. The summed E-state index contributed by atoms with van der Waals surface area (Å²) in [6.45, 7) is 3.50. The first-order valence-corrected chi connectivity index (χ1v) is 6.24. The van der Waals surface area contributed by atoms with Crippen LogP contribution >= 0.6 is 0 Å². The van der Waals surface area contributed by atoms with Crippen LogP contribution in [0, 0.1) is 0 Å². The molecule has 0 radical (unpaired) electrons. The van der Waals surface area contributed by atoms with E-state index in [1.165, 1.54) is 12.8 Å². The molecule has 0 aromatic carbocycles. The Morgan fingerprint density at radius 3 is 2.50 bits per heavy atom. The van der Waals surface area contributed by atoms with Crippen LogP contribution < -0.4 is 10.6 Å². The van der Waals surface area contributed by atoms with Gasteiger partial charge in [0.25, 0.3) is 0 Å². The third-order valence-electron chi connectivity index (χ3n) is 2.88. The van der Waals surface area contributed by atoms with Gasteiger partial charge >= 0.3 is 12.0 Å². The smallest absolute Gasteiger partial charge is 0.334 e. The van der Waals surface area contributed by atoms with Gasteiger partial charge in [0.05, 0.1) is 6.54 Å². The fourth-order valence-electron chi connectivity index (χ4n) is 1.85. The molecular weight excluding hydrogens is 238 g/mol. The number of hydrogen-bond acceptors (Lipinski definition) is 4. The van der Waals surface area contributed by atoms with Crippen molar-refractivity contribution in [1.82, 2.24) is 15.5 Å². The van der Waals surface area contributed by atoms with E-state index in [0.29, 0.717) is 6.54 Å². The number of amides is 2. The number of nitrogens with zero attached hydrogens (tertiary/aromatic N) is 1. The first-order valence-electron chi connectivity index (χ1n) is 6.24. The number of rotatable bonds is 7. The molecule has 1 heterocycles. The summed E-state index contributed by atoms with van der Waals surface area (Å²) in [5, 5.41) is 22.3. The number of urea groups is 1. The Bertz CT molecular complexity index is 279. The molecule has 1 saturated heterocycles. The lowest BCUT2D eigenvalue weighted by Gasteiger charge is -2.14. The van der Waals surface area contributed by atoms with Crippen LogP contribution in [0.3, 0.4) is 0 Å². The number of carboxylic acid groups (broad SMARTS) is 1. The van der Waals surface area contributed by atoms with Crippen LogP contribution in [0.4, 0.5) is 4.79 Å². The maximum absolute atomic E-state index is 11.2. The van der Waals surface area contributed by atoms with E-state index < -0.39 is 18.1 Å². The summed E-state index contributed by atoms with van der Waals surface area (Å²) >= 11 is 0. The number of aliphatic hydroxyl groups excluding tert-OH is 1. The minimum atomic E-state index is -1.56. The quantitative estimate of drug-likeness (QED) is 0.449. The van der Waals surface area contributed by atoms with Crippen LogP contribution in [0.15, 0.2) is 0 Å². The topological polar surface area (TPSA) is 102 Å². The first-order chi connectivity index (χ1) is 8.59. The zero-order valence-electron chi connectivity index (χ0n) is 10.4. The molecule has 0 aromatic rings. The van der Waals surface area contributed by atoms with Gasteiger partial charge in [-0.25, -0.2) is 9.59 Å². The highest BCUT2D eigenvalue weighted by Gasteiger charge is 2.14. The number of aliphatic carboxylic acids is 1. The van der Waals surface area contributed by atoms with Crippen LogP contribution in [0.1, 0.15) is 19.3 Å². The molecule has 104 valence electrons. The molecule has 0 unspecified atom stereocenters. The van der Waals surface area contributed by atoms with E-state index in [9.17, 15) is 9.59 Å². The average molecular weight is 259 g/mol. The van der Waals surface area contributed by atoms with Crippen molar-refractivity contribution in [2.45, 2.75) is 25.4 Å². The highest BCUT2D eigenvalue weighted by Crippen LogP contribution is 2.06. The van der Waals surface area contributed by atoms with Gasteiger partial charge in [-0.1, -0.05) is 0 Å². The molecule has 4 N–H and O–H groups in total. The monoisotopic (exact) mass is 259 g/mol. The summed E-state index contributed by atoms with van der Waals surface area (Å²) in [4.78, 5) is 23.9. The highest BCUT2D eigenvalue weighted by molar-refractivity contribution is 5.76. The molecule has 2 amide bonds. The average Bonchev–Trinajstić information content (AvgIpc) is 2.84. The van der Waals surface area contributed by atoms with Gasteiger partial charge < -0.3 is 25.7 Å². The van der Waals surface area contributed by atoms with E-state index in [1.54, 1.807) is 0 Å². The summed E-state index contributed by atoms with van der Waals surface area (Å²) in [6.07, 6.45) is 1.82. The minimum absolute atomic E-state index is 0.284. The number of carbonyl (C=O) groups excluding carboxylic acids is 1. The molecule has 7 heteroatoms. The molecule has 0 saturated carbocycles. The molecule has 0 aliphatic carbocycles. The summed E-state index contributed by atoms with van der Waals surface area (Å²) in [5.41, 5.74) is 0. The van der Waals surface area contributed by atoms with Crippen LogP contribution in [0.25, 0.3) is 0 Å². The van der Waals surface area contributed by atoms with E-state index in [2.05, 4.69) is 15.5 Å². The van der Waals surface area contributed by atoms with Crippen molar-refractivity contribution in [2.75, 3.05) is 32.7 Å². The molecule has 1 rings (SSSR count). The lowest BCUT2D eigenvalue weighted by molar-refractivity contribution is -0.146. The maximum atomic E-state index is 11.2. The van der Waals surface area contributed by atoms with Crippen molar-refractivity contribution in [3.05, 3.63) is 0 Å². The Labute approximate surface area is 106 Å². The standard InChI is InChI=1S/C11H21N3O4/c15-9(10(16)17)8-13-11(18)12-4-3-7-14-5-1-2-6-14/h9,15H,1-8H2,(H,16,17)(H2,12,13,18)/t9-/m0/s1. The first kappa shape index (κ1) is 14.7. The van der Waals surface area contributed by atoms with Gasteiger partial charge in [0.15, 0.2) is 6.10 Å². The number of hydrogen-bond donors (Lipinski definition) is 4. The van der Waals surface area contributed by atoms with E-state index >= 15 is 0 Å². The molecule has 18 heavy (non-hydrogen) atoms. The highest BCUT2D eigenvalue weighted by atomic mass is 16.4. The second-order valence-corrected chi connectivity index (χ2v) is 4.39. The second-order valence-electron chi connectivity index (χ2n) is 4.39. The molecule has 1 aliphatic rings. The van der Waals surface area contributed by atoms with Crippen molar-refractivity contribution < 1.29 is 19.8 Å². The molecule has 0 aromatic heterocycles. The van der Waals surface area contributed by atoms with E-state index in [1.807, 2.05) is 0 Å². The van der Waals surface area contributed by atoms with Crippen molar-refractivity contribution >= 4 is 12.0 Å². The zero-order valence-corrected chi connectivity index (χ0v) is 10.4. The molecule has 0 spiro atoms. The van der Waals surface area contributed by atoms with Crippen LogP contribution in [0.2, 0.25) is 0 Å². The third-order valence-corrected chi connectivity index (χ3v) is 2.88. The molecule has 1 aliphatic heterocycles. The largest absolute Gasteiger partial charge is 0.479 e. The Morgan fingerprint density at radius 1 is 1.22 bits per heavy atom. The second kappa shape index (κ2) is 7.88. The van der Waals surface area contributed by atoms with Gasteiger partial charge in [-0.3, -0.25) is 0 Å². The van der Waals surface area contributed by atoms with Crippen molar-refractivity contribution in [3.63, 3.8) is 0 Å². The lowest BCUT2D eigenvalue weighted by atomic mass is 10.3. The van der Waals surface area contributed by atoms with Crippen LogP contribution in [-0.4, -0.2) is 65.9 Å². The van der Waals surface area contributed by atoms with Gasteiger partial charge in [0, 0.05) is 6.54 Å². The fourth-order valence-corrected chi connectivity index (χ4v) is 1.85. The van der Waals surface area contributed by atoms with E-state index in [-0.39, 0.29) is 6.54 Å². The van der Waals surface area contributed by atoms with Crippen molar-refractivity contribution in [2.24, 2.45) is 0 Å². The Hall–Kier alpha value is -1.34. The molecule has 1 fully saturated rings. The van der Waals surface area contributed by atoms with Crippen molar-refractivity contribution in [3.8, 4) is 0 Å². The van der Waals surface area contributed by atoms with Crippen LogP contribution in [-0.2, 0) is 4.79 Å². The molecular formula is C11H21N3O4. The van der Waals surface area contributed by atoms with Gasteiger partial charge in [-0.2, -0.15) is 0 Å². The zero-order chi connectivity index (χ0) is 13.4. The third kappa shape index (κ3) is 5.83. The summed E-state index contributed by atoms with van der Waals surface area (Å²) < 4.78 is 0. The number of aliphatic hydroxyl groups is 1. The van der Waals surface area contributed by atoms with Gasteiger partial charge in [0.1, 0.15) is 0 Å².